The van der Waals surface area contributed by atoms with E-state index < -0.39 is 0 Å². The van der Waals surface area contributed by atoms with Gasteiger partial charge < -0.3 is 10.6 Å². The molecule has 94 valence electrons. The van der Waals surface area contributed by atoms with Crippen molar-refractivity contribution in [3.05, 3.63) is 29.8 Å². The molecule has 0 aromatic heterocycles. The number of amides is 1. The molecule has 0 radical (unpaired) electrons. The van der Waals surface area contributed by atoms with Crippen LogP contribution in [-0.2, 0) is 0 Å². The number of nitrogens with zero attached hydrogens (tertiary/aromatic N) is 1. The van der Waals surface area contributed by atoms with Gasteiger partial charge in [-0.25, -0.2) is 0 Å². The van der Waals surface area contributed by atoms with E-state index in [0.717, 1.165) is 37.4 Å². The van der Waals surface area contributed by atoms with Gasteiger partial charge in [0.05, 0.1) is 0 Å². The standard InChI is InChI=1S/C13H18N2O.ClH/c1-10-6-8-15(9-7-10)13(16)11-2-4-12(14)5-3-11;/h2-5,10H,6-9,14H2,1H3;1H. The predicted molar refractivity (Wildman–Crippen MR) is 72.4 cm³/mol. The molecule has 0 saturated carbocycles. The summed E-state index contributed by atoms with van der Waals surface area (Å²) in [5.74, 6) is 0.877. The summed E-state index contributed by atoms with van der Waals surface area (Å²) in [6, 6.07) is 7.16. The fourth-order valence-corrected chi connectivity index (χ4v) is 2.02. The maximum absolute atomic E-state index is 12.1. The average Bonchev–Trinajstić information content (AvgIpc) is 2.30. The molecule has 1 aromatic rings. The minimum atomic E-state index is 0. The Morgan fingerprint density at radius 3 is 2.29 bits per heavy atom. The SMILES string of the molecule is CC1CCN(C(=O)c2ccc(N)cc2)CC1.Cl. The van der Waals surface area contributed by atoms with E-state index in [1.165, 1.54) is 0 Å². The van der Waals surface area contributed by atoms with Crippen LogP contribution < -0.4 is 5.73 Å². The molecule has 17 heavy (non-hydrogen) atoms. The summed E-state index contributed by atoms with van der Waals surface area (Å²) in [5, 5.41) is 0. The molecule has 2 rings (SSSR count). The zero-order valence-electron chi connectivity index (χ0n) is 10.1. The zero-order chi connectivity index (χ0) is 11.5. The molecule has 2 N–H and O–H groups in total. The monoisotopic (exact) mass is 254 g/mol. The van der Waals surface area contributed by atoms with Gasteiger partial charge in [0.1, 0.15) is 0 Å². The Labute approximate surface area is 108 Å². The van der Waals surface area contributed by atoms with E-state index in [1.54, 1.807) is 24.3 Å². The number of benzene rings is 1. The van der Waals surface area contributed by atoms with Crippen molar-refractivity contribution in [3.8, 4) is 0 Å². The molecule has 0 atom stereocenters. The van der Waals surface area contributed by atoms with Crippen LogP contribution in [-0.4, -0.2) is 23.9 Å². The van der Waals surface area contributed by atoms with Crippen LogP contribution in [0.15, 0.2) is 24.3 Å². The molecule has 1 fully saturated rings. The lowest BCUT2D eigenvalue weighted by molar-refractivity contribution is 0.0697. The van der Waals surface area contributed by atoms with Crippen molar-refractivity contribution in [1.82, 2.24) is 4.90 Å². The van der Waals surface area contributed by atoms with Crippen molar-refractivity contribution in [2.75, 3.05) is 18.8 Å². The highest BCUT2D eigenvalue weighted by Gasteiger charge is 2.20. The number of carbonyl (C=O) groups excluding carboxylic acids is 1. The van der Waals surface area contributed by atoms with Crippen LogP contribution in [0.5, 0.6) is 0 Å². The summed E-state index contributed by atoms with van der Waals surface area (Å²) >= 11 is 0. The van der Waals surface area contributed by atoms with Gasteiger partial charge in [-0.2, -0.15) is 0 Å². The third-order valence-corrected chi connectivity index (χ3v) is 3.23. The minimum absolute atomic E-state index is 0. The number of anilines is 1. The summed E-state index contributed by atoms with van der Waals surface area (Å²) in [6.07, 6.45) is 2.22. The first-order valence-corrected chi connectivity index (χ1v) is 5.81. The third-order valence-electron chi connectivity index (χ3n) is 3.23. The lowest BCUT2D eigenvalue weighted by atomic mass is 9.98. The topological polar surface area (TPSA) is 46.3 Å². The lowest BCUT2D eigenvalue weighted by Gasteiger charge is -2.30. The highest BCUT2D eigenvalue weighted by Crippen LogP contribution is 2.18. The normalized spacial score (nSPS) is 16.4. The van der Waals surface area contributed by atoms with Crippen LogP contribution in [0.3, 0.4) is 0 Å². The van der Waals surface area contributed by atoms with Gasteiger partial charge in [-0.3, -0.25) is 4.79 Å². The summed E-state index contributed by atoms with van der Waals surface area (Å²) in [5.41, 5.74) is 7.04. The second kappa shape index (κ2) is 5.92. The smallest absolute Gasteiger partial charge is 0.253 e. The van der Waals surface area contributed by atoms with Crippen molar-refractivity contribution >= 4 is 24.0 Å². The van der Waals surface area contributed by atoms with E-state index in [2.05, 4.69) is 6.92 Å². The maximum atomic E-state index is 12.1. The van der Waals surface area contributed by atoms with E-state index >= 15 is 0 Å². The van der Waals surface area contributed by atoms with Crippen molar-refractivity contribution in [3.63, 3.8) is 0 Å². The number of carbonyl (C=O) groups is 1. The number of hydrogen-bond donors (Lipinski definition) is 1. The number of nitrogens with two attached hydrogens (primary N) is 1. The second-order valence-corrected chi connectivity index (χ2v) is 4.60. The highest BCUT2D eigenvalue weighted by atomic mass is 35.5. The summed E-state index contributed by atoms with van der Waals surface area (Å²) in [6.45, 7) is 4.00. The van der Waals surface area contributed by atoms with Crippen molar-refractivity contribution in [2.24, 2.45) is 5.92 Å². The molecule has 3 nitrogen and oxygen atoms in total. The number of hydrogen-bond acceptors (Lipinski definition) is 2. The molecule has 0 aliphatic carbocycles. The summed E-state index contributed by atoms with van der Waals surface area (Å²) in [4.78, 5) is 14.0. The first kappa shape index (κ1) is 13.8. The molecule has 1 saturated heterocycles. The zero-order valence-corrected chi connectivity index (χ0v) is 10.9. The first-order valence-electron chi connectivity index (χ1n) is 5.81. The minimum Gasteiger partial charge on any atom is -0.399 e. The second-order valence-electron chi connectivity index (χ2n) is 4.60. The summed E-state index contributed by atoms with van der Waals surface area (Å²) in [7, 11) is 0. The number of halogens is 1. The van der Waals surface area contributed by atoms with Gasteiger partial charge in [0.15, 0.2) is 0 Å². The first-order chi connectivity index (χ1) is 7.66. The molecule has 1 heterocycles. The summed E-state index contributed by atoms with van der Waals surface area (Å²) < 4.78 is 0. The van der Waals surface area contributed by atoms with Crippen LogP contribution in [0.4, 0.5) is 5.69 Å². The number of nitrogen functional groups attached to an aromatic ring is 1. The maximum Gasteiger partial charge on any atom is 0.253 e. The largest absolute Gasteiger partial charge is 0.399 e. The van der Waals surface area contributed by atoms with Crippen molar-refractivity contribution in [2.45, 2.75) is 19.8 Å². The molecular weight excluding hydrogens is 236 g/mol. The third kappa shape index (κ3) is 3.37. The van der Waals surface area contributed by atoms with Crippen LogP contribution in [0.25, 0.3) is 0 Å². The Hall–Kier alpha value is -1.22. The Morgan fingerprint density at radius 1 is 1.24 bits per heavy atom. The van der Waals surface area contributed by atoms with Gasteiger partial charge in [-0.1, -0.05) is 6.92 Å². The molecule has 0 unspecified atom stereocenters. The molecule has 1 amide bonds. The number of rotatable bonds is 1. The van der Waals surface area contributed by atoms with E-state index in [9.17, 15) is 4.79 Å². The van der Waals surface area contributed by atoms with Gasteiger partial charge in [-0.15, -0.1) is 12.4 Å². The lowest BCUT2D eigenvalue weighted by Crippen LogP contribution is -2.37. The molecule has 1 aliphatic heterocycles. The van der Waals surface area contributed by atoms with Gasteiger partial charge >= 0.3 is 0 Å². The van der Waals surface area contributed by atoms with Crippen LogP contribution in [0.1, 0.15) is 30.1 Å². The van der Waals surface area contributed by atoms with Gasteiger partial charge in [0.25, 0.3) is 5.91 Å². The quantitative estimate of drug-likeness (QED) is 0.783. The number of likely N-dealkylation sites (tertiary alicyclic amines) is 1. The Bertz CT molecular complexity index is 370. The Balaban J connectivity index is 0.00000144. The molecule has 4 heteroatoms. The molecule has 0 bridgehead atoms. The van der Waals surface area contributed by atoms with E-state index in [1.807, 2.05) is 4.90 Å². The fraction of sp³-hybridized carbons (Fsp3) is 0.462. The molecule has 1 aromatic carbocycles. The predicted octanol–water partition coefficient (Wildman–Crippen LogP) is 2.56. The Morgan fingerprint density at radius 2 is 1.76 bits per heavy atom. The van der Waals surface area contributed by atoms with E-state index in [-0.39, 0.29) is 18.3 Å². The van der Waals surface area contributed by atoms with Crippen molar-refractivity contribution < 1.29 is 4.79 Å². The Kier molecular flexibility index (Phi) is 4.82. The van der Waals surface area contributed by atoms with E-state index in [4.69, 9.17) is 5.73 Å². The molecular formula is C13H19ClN2O. The van der Waals surface area contributed by atoms with Crippen LogP contribution >= 0.6 is 12.4 Å². The highest BCUT2D eigenvalue weighted by molar-refractivity contribution is 5.94. The molecule has 1 aliphatic rings. The van der Waals surface area contributed by atoms with Crippen molar-refractivity contribution in [1.29, 1.82) is 0 Å². The van der Waals surface area contributed by atoms with Crippen LogP contribution in [0, 0.1) is 5.92 Å². The number of piperidine rings is 1. The van der Waals surface area contributed by atoms with Gasteiger partial charge in [0.2, 0.25) is 0 Å². The fourth-order valence-electron chi connectivity index (χ4n) is 2.02. The van der Waals surface area contributed by atoms with Gasteiger partial charge in [0, 0.05) is 24.3 Å². The average molecular weight is 255 g/mol. The van der Waals surface area contributed by atoms with Crippen LogP contribution in [0.2, 0.25) is 0 Å². The van der Waals surface area contributed by atoms with E-state index in [0.29, 0.717) is 5.69 Å². The molecule has 0 spiro atoms. The van der Waals surface area contributed by atoms with Gasteiger partial charge in [-0.05, 0) is 43.0 Å².